The monoisotopic (exact) mass is 302 g/mol. The number of carbonyl (C=O) groups excluding carboxylic acids is 2. The third-order valence-corrected chi connectivity index (χ3v) is 2.81. The fourth-order valence-corrected chi connectivity index (χ4v) is 1.80. The van der Waals surface area contributed by atoms with Crippen LogP contribution < -0.4 is 11.1 Å². The maximum atomic E-state index is 12.6. The summed E-state index contributed by atoms with van der Waals surface area (Å²) in [5.74, 6) is -1.38. The third kappa shape index (κ3) is 5.09. The van der Waals surface area contributed by atoms with Gasteiger partial charge >= 0.3 is 6.18 Å². The lowest BCUT2D eigenvalue weighted by Crippen LogP contribution is -2.45. The molecule has 1 rings (SSSR count). The lowest BCUT2D eigenvalue weighted by Gasteiger charge is -2.17. The summed E-state index contributed by atoms with van der Waals surface area (Å²) in [5, 5.41) is 2.36. The molecule has 0 bridgehead atoms. The number of hydrogen-bond donors (Lipinski definition) is 2. The maximum absolute atomic E-state index is 12.6. The number of hydrogen-bond acceptors (Lipinski definition) is 2. The van der Waals surface area contributed by atoms with Crippen molar-refractivity contribution in [1.82, 2.24) is 5.32 Å². The first-order valence-corrected chi connectivity index (χ1v) is 6.38. The van der Waals surface area contributed by atoms with Crippen molar-refractivity contribution >= 4 is 11.8 Å². The zero-order chi connectivity index (χ0) is 16.2. The Labute approximate surface area is 120 Å². The highest BCUT2D eigenvalue weighted by atomic mass is 19.4. The molecule has 116 valence electrons. The molecule has 0 aliphatic heterocycles. The van der Waals surface area contributed by atoms with Crippen LogP contribution >= 0.6 is 0 Å². The number of rotatable bonds is 5. The molecule has 0 aliphatic carbocycles. The minimum atomic E-state index is -4.53. The summed E-state index contributed by atoms with van der Waals surface area (Å²) in [6, 6.07) is 3.09. The molecule has 0 saturated carbocycles. The summed E-state index contributed by atoms with van der Waals surface area (Å²) >= 11 is 0. The number of benzene rings is 1. The van der Waals surface area contributed by atoms with Gasteiger partial charge in [0.05, 0.1) is 5.56 Å². The van der Waals surface area contributed by atoms with E-state index >= 15 is 0 Å². The number of primary amides is 1. The Hall–Kier alpha value is -2.05. The van der Waals surface area contributed by atoms with Gasteiger partial charge in [0, 0.05) is 5.56 Å². The Morgan fingerprint density at radius 3 is 2.38 bits per heavy atom. The minimum Gasteiger partial charge on any atom is -0.368 e. The first-order valence-electron chi connectivity index (χ1n) is 6.38. The molecule has 7 heteroatoms. The van der Waals surface area contributed by atoms with E-state index in [1.54, 1.807) is 0 Å². The highest BCUT2D eigenvalue weighted by Crippen LogP contribution is 2.29. The molecular formula is C14H17F3N2O2. The zero-order valence-electron chi connectivity index (χ0n) is 11.7. The van der Waals surface area contributed by atoms with Crippen LogP contribution in [-0.4, -0.2) is 17.9 Å². The van der Waals surface area contributed by atoms with Crippen LogP contribution in [0, 0.1) is 5.92 Å². The Morgan fingerprint density at radius 1 is 1.29 bits per heavy atom. The molecule has 1 aromatic carbocycles. The first-order chi connectivity index (χ1) is 9.61. The molecule has 0 radical (unpaired) electrons. The molecule has 21 heavy (non-hydrogen) atoms. The fourth-order valence-electron chi connectivity index (χ4n) is 1.80. The Kier molecular flexibility index (Phi) is 5.34. The van der Waals surface area contributed by atoms with Crippen LogP contribution in [0.5, 0.6) is 0 Å². The van der Waals surface area contributed by atoms with Gasteiger partial charge in [0.15, 0.2) is 0 Å². The average Bonchev–Trinajstić information content (AvgIpc) is 2.36. The Morgan fingerprint density at radius 2 is 1.90 bits per heavy atom. The summed E-state index contributed by atoms with van der Waals surface area (Å²) in [7, 11) is 0. The van der Waals surface area contributed by atoms with E-state index in [0.717, 1.165) is 18.2 Å². The van der Waals surface area contributed by atoms with Gasteiger partial charge < -0.3 is 11.1 Å². The number of alkyl halides is 3. The molecule has 0 fully saturated rings. The summed E-state index contributed by atoms with van der Waals surface area (Å²) in [5.41, 5.74) is 4.09. The number of nitrogens with one attached hydrogen (secondary N) is 1. The molecule has 1 atom stereocenters. The molecule has 0 saturated heterocycles. The van der Waals surface area contributed by atoms with Crippen molar-refractivity contribution in [3.05, 3.63) is 35.4 Å². The van der Waals surface area contributed by atoms with Crippen molar-refractivity contribution in [3.8, 4) is 0 Å². The van der Waals surface area contributed by atoms with Crippen LogP contribution in [0.25, 0.3) is 0 Å². The van der Waals surface area contributed by atoms with Crippen molar-refractivity contribution < 1.29 is 22.8 Å². The Balaban J connectivity index is 2.90. The van der Waals surface area contributed by atoms with E-state index in [-0.39, 0.29) is 11.5 Å². The van der Waals surface area contributed by atoms with Crippen LogP contribution in [0.2, 0.25) is 0 Å². The molecular weight excluding hydrogens is 285 g/mol. The van der Waals surface area contributed by atoms with Gasteiger partial charge in [-0.05, 0) is 30.5 Å². The topological polar surface area (TPSA) is 72.2 Å². The van der Waals surface area contributed by atoms with Crippen molar-refractivity contribution in [3.63, 3.8) is 0 Å². The van der Waals surface area contributed by atoms with E-state index in [2.05, 4.69) is 5.32 Å². The zero-order valence-corrected chi connectivity index (χ0v) is 11.7. The smallest absolute Gasteiger partial charge is 0.368 e. The van der Waals surface area contributed by atoms with Crippen molar-refractivity contribution in [2.24, 2.45) is 11.7 Å². The van der Waals surface area contributed by atoms with E-state index in [1.165, 1.54) is 6.07 Å². The third-order valence-electron chi connectivity index (χ3n) is 2.81. The lowest BCUT2D eigenvalue weighted by atomic mass is 10.0. The summed E-state index contributed by atoms with van der Waals surface area (Å²) in [6.45, 7) is 3.68. The van der Waals surface area contributed by atoms with Crippen LogP contribution in [0.4, 0.5) is 13.2 Å². The van der Waals surface area contributed by atoms with Gasteiger partial charge in [0.1, 0.15) is 6.04 Å². The van der Waals surface area contributed by atoms with Gasteiger partial charge in [-0.15, -0.1) is 0 Å². The van der Waals surface area contributed by atoms with E-state index in [4.69, 9.17) is 5.73 Å². The van der Waals surface area contributed by atoms with Crippen molar-refractivity contribution in [2.45, 2.75) is 32.5 Å². The molecule has 3 N–H and O–H groups in total. The number of amides is 2. The largest absolute Gasteiger partial charge is 0.416 e. The maximum Gasteiger partial charge on any atom is 0.416 e. The molecule has 0 heterocycles. The molecule has 1 aromatic rings. The minimum absolute atomic E-state index is 0.101. The second-order valence-corrected chi connectivity index (χ2v) is 5.14. The second-order valence-electron chi connectivity index (χ2n) is 5.14. The van der Waals surface area contributed by atoms with Crippen LogP contribution in [0.15, 0.2) is 24.3 Å². The average molecular weight is 302 g/mol. The highest BCUT2D eigenvalue weighted by Gasteiger charge is 2.31. The van der Waals surface area contributed by atoms with E-state index in [1.807, 2.05) is 13.8 Å². The quantitative estimate of drug-likeness (QED) is 0.876. The second kappa shape index (κ2) is 6.60. The standard InChI is InChI=1S/C14H17F3N2O2/c1-8(2)6-11(12(18)20)19-13(21)9-4-3-5-10(7-9)14(15,16)17/h3-5,7-8,11H,6H2,1-2H3,(H2,18,20)(H,19,21)/t11-/m0/s1. The Bertz CT molecular complexity index is 527. The van der Waals surface area contributed by atoms with Crippen LogP contribution in [-0.2, 0) is 11.0 Å². The number of carbonyl (C=O) groups is 2. The molecule has 0 aromatic heterocycles. The number of nitrogens with two attached hydrogens (primary N) is 1. The van der Waals surface area contributed by atoms with E-state index in [9.17, 15) is 22.8 Å². The molecule has 2 amide bonds. The van der Waals surface area contributed by atoms with Crippen molar-refractivity contribution in [1.29, 1.82) is 0 Å². The molecule has 0 aliphatic rings. The molecule has 0 spiro atoms. The number of halogens is 3. The first kappa shape index (κ1) is 17.0. The predicted octanol–water partition coefficient (Wildman–Crippen LogP) is 2.34. The fraction of sp³-hybridized carbons (Fsp3) is 0.429. The van der Waals surface area contributed by atoms with E-state index in [0.29, 0.717) is 6.42 Å². The van der Waals surface area contributed by atoms with Gasteiger partial charge in [-0.3, -0.25) is 9.59 Å². The van der Waals surface area contributed by atoms with Gasteiger partial charge in [0.2, 0.25) is 5.91 Å². The van der Waals surface area contributed by atoms with E-state index < -0.39 is 29.6 Å². The summed E-state index contributed by atoms with van der Waals surface area (Å²) in [4.78, 5) is 23.2. The lowest BCUT2D eigenvalue weighted by molar-refractivity contribution is -0.137. The van der Waals surface area contributed by atoms with Crippen LogP contribution in [0.3, 0.4) is 0 Å². The summed E-state index contributed by atoms with van der Waals surface area (Å²) in [6.07, 6.45) is -4.21. The predicted molar refractivity (Wildman–Crippen MR) is 71.3 cm³/mol. The van der Waals surface area contributed by atoms with Gasteiger partial charge in [-0.25, -0.2) is 0 Å². The van der Waals surface area contributed by atoms with Gasteiger partial charge in [-0.2, -0.15) is 13.2 Å². The van der Waals surface area contributed by atoms with Crippen LogP contribution in [0.1, 0.15) is 36.2 Å². The van der Waals surface area contributed by atoms with Gasteiger partial charge in [0.25, 0.3) is 5.91 Å². The molecule has 4 nitrogen and oxygen atoms in total. The normalized spacial score (nSPS) is 13.0. The highest BCUT2D eigenvalue weighted by molar-refractivity contribution is 5.97. The van der Waals surface area contributed by atoms with Crippen molar-refractivity contribution in [2.75, 3.05) is 0 Å². The summed E-state index contributed by atoms with van der Waals surface area (Å²) < 4.78 is 37.8. The molecule has 0 unspecified atom stereocenters. The SMILES string of the molecule is CC(C)C[C@H](NC(=O)c1cccc(C(F)(F)F)c1)C(N)=O. The van der Waals surface area contributed by atoms with Gasteiger partial charge in [-0.1, -0.05) is 19.9 Å².